The molecule has 4 aromatic rings. The molecule has 0 aliphatic heterocycles. The van der Waals surface area contributed by atoms with Crippen molar-refractivity contribution in [3.8, 4) is 0 Å². The molecule has 0 spiro atoms. The van der Waals surface area contributed by atoms with Crippen LogP contribution in [-0.4, -0.2) is 32.1 Å². The minimum atomic E-state index is -0.534. The molecule has 2 aromatic carbocycles. The van der Waals surface area contributed by atoms with E-state index in [1.165, 1.54) is 33.7 Å². The van der Waals surface area contributed by atoms with Crippen LogP contribution in [0.4, 0.5) is 0 Å². The Morgan fingerprint density at radius 2 is 2.14 bits per heavy atom. The maximum absolute atomic E-state index is 11.4. The molecule has 0 bridgehead atoms. The maximum atomic E-state index is 11.4. The number of amides is 1. The lowest BCUT2D eigenvalue weighted by molar-refractivity contribution is -0.124. The molecule has 0 radical (unpaired) electrons. The highest BCUT2D eigenvalue weighted by Gasteiger charge is 2.29. The first kappa shape index (κ1) is 24.4. The summed E-state index contributed by atoms with van der Waals surface area (Å²) >= 11 is 6.37. The highest BCUT2D eigenvalue weighted by Crippen LogP contribution is 2.38. The van der Waals surface area contributed by atoms with Crippen molar-refractivity contribution in [1.82, 2.24) is 19.9 Å². The summed E-state index contributed by atoms with van der Waals surface area (Å²) in [7, 11) is 2.11. The molecule has 3 N–H and O–H groups in total. The zero-order chi connectivity index (χ0) is 25.2. The molecule has 0 fully saturated rings. The first-order valence-electron chi connectivity index (χ1n) is 12.3. The second-order valence-electron chi connectivity index (χ2n) is 9.57. The number of hydrogen-bond donors (Lipinski definition) is 3. The first-order chi connectivity index (χ1) is 17.4. The van der Waals surface area contributed by atoms with Crippen molar-refractivity contribution in [2.24, 2.45) is 7.05 Å². The van der Waals surface area contributed by atoms with Crippen molar-refractivity contribution in [2.75, 3.05) is 6.54 Å². The van der Waals surface area contributed by atoms with E-state index in [1.54, 1.807) is 11.6 Å². The molecule has 2 heterocycles. The minimum Gasteiger partial charge on any atom is -0.362 e. The number of carbonyl (C=O) groups excluding carboxylic acids is 1. The molecule has 1 aliphatic rings. The van der Waals surface area contributed by atoms with E-state index in [4.69, 9.17) is 16.8 Å². The van der Waals surface area contributed by atoms with Gasteiger partial charge in [0.2, 0.25) is 0 Å². The highest BCUT2D eigenvalue weighted by molar-refractivity contribution is 6.31. The summed E-state index contributed by atoms with van der Waals surface area (Å²) in [4.78, 5) is 17.3. The quantitative estimate of drug-likeness (QED) is 0.164. The van der Waals surface area contributed by atoms with Gasteiger partial charge in [0.1, 0.15) is 0 Å². The van der Waals surface area contributed by atoms with Crippen LogP contribution in [0.3, 0.4) is 0 Å². The average molecular weight is 503 g/mol. The van der Waals surface area contributed by atoms with Gasteiger partial charge < -0.3 is 9.55 Å². The molecular weight excluding hydrogens is 472 g/mol. The maximum Gasteiger partial charge on any atom is 0.267 e. The van der Waals surface area contributed by atoms with Gasteiger partial charge in [0, 0.05) is 61.2 Å². The van der Waals surface area contributed by atoms with Crippen LogP contribution < -0.4 is 5.48 Å². The van der Waals surface area contributed by atoms with Gasteiger partial charge in [0.25, 0.3) is 5.91 Å². The van der Waals surface area contributed by atoms with Gasteiger partial charge >= 0.3 is 0 Å². The highest BCUT2D eigenvalue weighted by atomic mass is 35.5. The fourth-order valence-electron chi connectivity index (χ4n) is 5.42. The van der Waals surface area contributed by atoms with E-state index in [0.717, 1.165) is 54.2 Å². The Labute approximate surface area is 216 Å². The van der Waals surface area contributed by atoms with Crippen molar-refractivity contribution >= 4 is 34.5 Å². The fraction of sp³-hybridized carbons (Fsp3) is 0.276. The van der Waals surface area contributed by atoms with Crippen LogP contribution in [0.5, 0.6) is 0 Å². The van der Waals surface area contributed by atoms with E-state index in [1.807, 2.05) is 12.3 Å². The molecule has 5 rings (SSSR count). The topological polar surface area (TPSA) is 73.3 Å². The third kappa shape index (κ3) is 4.85. The smallest absolute Gasteiger partial charge is 0.267 e. The third-order valence-corrected chi connectivity index (χ3v) is 7.78. The number of aryl methyl sites for hydroxylation is 2. The average Bonchev–Trinajstić information content (AvgIpc) is 3.56. The summed E-state index contributed by atoms with van der Waals surface area (Å²) in [5, 5.41) is 10.8. The number of nitrogens with one attached hydrogen (secondary N) is 2. The number of hydroxylamine groups is 1. The molecule has 1 unspecified atom stereocenters. The lowest BCUT2D eigenvalue weighted by atomic mass is 10.0. The molecule has 1 atom stereocenters. The number of para-hydroxylation sites is 1. The van der Waals surface area contributed by atoms with E-state index < -0.39 is 5.91 Å². The summed E-state index contributed by atoms with van der Waals surface area (Å²) in [6.45, 7) is 3.79. The van der Waals surface area contributed by atoms with Crippen LogP contribution in [0, 0.1) is 6.92 Å². The zero-order valence-electron chi connectivity index (χ0n) is 20.6. The van der Waals surface area contributed by atoms with Crippen LogP contribution in [0.25, 0.3) is 17.0 Å². The monoisotopic (exact) mass is 502 g/mol. The Hall–Kier alpha value is -3.32. The van der Waals surface area contributed by atoms with E-state index in [2.05, 4.69) is 71.0 Å². The Bertz CT molecular complexity index is 1430. The Balaban J connectivity index is 1.42. The van der Waals surface area contributed by atoms with Gasteiger partial charge in [-0.25, -0.2) is 5.48 Å². The normalized spacial score (nSPS) is 15.3. The Kier molecular flexibility index (Phi) is 7.01. The predicted molar refractivity (Wildman–Crippen MR) is 144 cm³/mol. The summed E-state index contributed by atoms with van der Waals surface area (Å²) in [5.41, 5.74) is 10.1. The van der Waals surface area contributed by atoms with Gasteiger partial charge in [-0.1, -0.05) is 48.0 Å². The number of fused-ring (bicyclic) bond motifs is 2. The van der Waals surface area contributed by atoms with Crippen molar-refractivity contribution in [2.45, 2.75) is 38.8 Å². The number of carbonyl (C=O) groups is 1. The first-order valence-corrected chi connectivity index (χ1v) is 12.7. The lowest BCUT2D eigenvalue weighted by Crippen LogP contribution is -2.29. The van der Waals surface area contributed by atoms with E-state index in [9.17, 15) is 4.79 Å². The van der Waals surface area contributed by atoms with E-state index >= 15 is 0 Å². The second-order valence-corrected chi connectivity index (χ2v) is 9.97. The van der Waals surface area contributed by atoms with Gasteiger partial charge in [-0.05, 0) is 66.1 Å². The van der Waals surface area contributed by atoms with Crippen LogP contribution in [0.2, 0.25) is 5.02 Å². The number of nitrogens with zero attached hydrogens (tertiary/aromatic N) is 2. The van der Waals surface area contributed by atoms with Gasteiger partial charge in [-0.15, -0.1) is 0 Å². The standard InChI is InChI=1S/C29H31ClN4O2/c1-19-25(30)16-31-26(19)18-34(14-13-22-17-33(2)27-6-4-3-5-23(22)27)28-11-9-21-15-20(7-10-24(21)28)8-12-29(35)32-36/h3-8,10,12,15-17,28,31,36H,9,11,13-14,18H2,1-2H3,(H,32,35)/b12-8+. The summed E-state index contributed by atoms with van der Waals surface area (Å²) in [6.07, 6.45) is 10.2. The molecule has 186 valence electrons. The number of benzene rings is 2. The molecule has 6 nitrogen and oxygen atoms in total. The Morgan fingerprint density at radius 1 is 1.31 bits per heavy atom. The predicted octanol–water partition coefficient (Wildman–Crippen LogP) is 5.72. The van der Waals surface area contributed by atoms with Crippen LogP contribution in [-0.2, 0) is 31.2 Å². The molecular formula is C29H31ClN4O2. The molecule has 7 heteroatoms. The molecule has 1 aliphatic carbocycles. The second kappa shape index (κ2) is 10.3. The summed E-state index contributed by atoms with van der Waals surface area (Å²) in [5.74, 6) is -0.534. The van der Waals surface area contributed by atoms with E-state index in [0.29, 0.717) is 6.04 Å². The van der Waals surface area contributed by atoms with Crippen LogP contribution >= 0.6 is 11.6 Å². The van der Waals surface area contributed by atoms with Crippen molar-refractivity contribution in [3.05, 3.63) is 99.5 Å². The number of halogens is 1. The van der Waals surface area contributed by atoms with Crippen molar-refractivity contribution in [3.63, 3.8) is 0 Å². The number of rotatable bonds is 8. The summed E-state index contributed by atoms with van der Waals surface area (Å²) in [6, 6.07) is 15.3. The third-order valence-electron chi connectivity index (χ3n) is 7.38. The molecule has 0 saturated heterocycles. The van der Waals surface area contributed by atoms with Gasteiger partial charge in [-0.3, -0.25) is 14.9 Å². The van der Waals surface area contributed by atoms with Gasteiger partial charge in [0.15, 0.2) is 0 Å². The minimum absolute atomic E-state index is 0.301. The number of aromatic nitrogens is 2. The van der Waals surface area contributed by atoms with Gasteiger partial charge in [0.05, 0.1) is 5.02 Å². The fourth-order valence-corrected chi connectivity index (χ4v) is 5.59. The SMILES string of the molecule is Cc1c(Cl)c[nH]c1CN(CCc1cn(C)c2ccccc12)C1CCc2cc(/C=C/C(=O)NO)ccc21. The van der Waals surface area contributed by atoms with Crippen LogP contribution in [0.15, 0.2) is 60.9 Å². The van der Waals surface area contributed by atoms with Gasteiger partial charge in [-0.2, -0.15) is 0 Å². The van der Waals surface area contributed by atoms with Crippen LogP contribution in [0.1, 0.15) is 46.0 Å². The zero-order valence-corrected chi connectivity index (χ0v) is 21.3. The van der Waals surface area contributed by atoms with Crippen molar-refractivity contribution in [1.29, 1.82) is 0 Å². The van der Waals surface area contributed by atoms with E-state index in [-0.39, 0.29) is 0 Å². The van der Waals surface area contributed by atoms with Crippen molar-refractivity contribution < 1.29 is 10.0 Å². The molecule has 1 amide bonds. The molecule has 2 aromatic heterocycles. The summed E-state index contributed by atoms with van der Waals surface area (Å²) < 4.78 is 2.21. The lowest BCUT2D eigenvalue weighted by Gasteiger charge is -2.30. The molecule has 0 saturated carbocycles. The largest absolute Gasteiger partial charge is 0.362 e. The number of hydrogen-bond acceptors (Lipinski definition) is 3. The Morgan fingerprint density at radius 3 is 2.92 bits per heavy atom. The molecule has 36 heavy (non-hydrogen) atoms. The number of aromatic amines is 1. The number of H-pyrrole nitrogens is 1.